The number of aryl methyl sites for hydroxylation is 1. The van der Waals surface area contributed by atoms with Crippen molar-refractivity contribution in [2.45, 2.75) is 13.8 Å². The smallest absolute Gasteiger partial charge is 0.397 e. The van der Waals surface area contributed by atoms with Gasteiger partial charge in [-0.2, -0.15) is 0 Å². The highest BCUT2D eigenvalue weighted by molar-refractivity contribution is 7.18. The van der Waals surface area contributed by atoms with Gasteiger partial charge in [-0.1, -0.05) is 0 Å². The molecule has 130 valence electrons. The van der Waals surface area contributed by atoms with Gasteiger partial charge in [0.15, 0.2) is 11.6 Å². The number of nitrogens with one attached hydrogen (secondary N) is 2. The third-order valence-corrected chi connectivity index (χ3v) is 4.24. The molecular formula is C15H15N5O4S. The Labute approximate surface area is 146 Å². The highest BCUT2D eigenvalue weighted by Gasteiger charge is 2.18. The summed E-state index contributed by atoms with van der Waals surface area (Å²) in [5.41, 5.74) is 0. The van der Waals surface area contributed by atoms with Gasteiger partial charge in [0, 0.05) is 24.9 Å². The molecule has 3 heterocycles. The van der Waals surface area contributed by atoms with Crippen LogP contribution in [0.25, 0.3) is 21.8 Å². The molecule has 10 heteroatoms. The molecule has 0 unspecified atom stereocenters. The number of hydrogen-bond donors (Lipinski definition) is 2. The molecular weight excluding hydrogens is 346 g/mol. The molecule has 9 nitrogen and oxygen atoms in total. The van der Waals surface area contributed by atoms with Gasteiger partial charge >= 0.3 is 5.88 Å². The van der Waals surface area contributed by atoms with E-state index in [4.69, 9.17) is 4.42 Å². The van der Waals surface area contributed by atoms with Crippen molar-refractivity contribution in [1.29, 1.82) is 0 Å². The van der Waals surface area contributed by atoms with Crippen LogP contribution in [-0.2, 0) is 4.79 Å². The summed E-state index contributed by atoms with van der Waals surface area (Å²) in [7, 11) is 0. The van der Waals surface area contributed by atoms with Gasteiger partial charge in [0.2, 0.25) is 5.91 Å². The fraction of sp³-hybridized carbons (Fsp3) is 0.267. The first kappa shape index (κ1) is 16.8. The maximum Gasteiger partial charge on any atom is 0.433 e. The number of carbonyl (C=O) groups excluding carboxylic acids is 1. The van der Waals surface area contributed by atoms with E-state index in [0.29, 0.717) is 18.9 Å². The van der Waals surface area contributed by atoms with E-state index in [2.05, 4.69) is 20.6 Å². The Balaban J connectivity index is 1.93. The first-order valence-corrected chi connectivity index (χ1v) is 8.27. The van der Waals surface area contributed by atoms with Crippen molar-refractivity contribution in [3.05, 3.63) is 33.2 Å². The molecule has 0 aliphatic rings. The van der Waals surface area contributed by atoms with Gasteiger partial charge in [-0.05, 0) is 19.1 Å². The summed E-state index contributed by atoms with van der Waals surface area (Å²) < 4.78 is 5.19. The minimum atomic E-state index is -0.607. The molecule has 0 aliphatic carbocycles. The Morgan fingerprint density at radius 3 is 2.84 bits per heavy atom. The number of furan rings is 1. The Morgan fingerprint density at radius 1 is 1.36 bits per heavy atom. The van der Waals surface area contributed by atoms with Crippen LogP contribution < -0.4 is 10.6 Å². The van der Waals surface area contributed by atoms with Crippen LogP contribution in [0.3, 0.4) is 0 Å². The Kier molecular flexibility index (Phi) is 4.61. The summed E-state index contributed by atoms with van der Waals surface area (Å²) in [5.74, 6) is 0.619. The molecule has 0 aromatic carbocycles. The average Bonchev–Trinajstić information content (AvgIpc) is 3.16. The van der Waals surface area contributed by atoms with Crippen molar-refractivity contribution in [2.24, 2.45) is 0 Å². The molecule has 3 aromatic rings. The highest BCUT2D eigenvalue weighted by Crippen LogP contribution is 2.32. The van der Waals surface area contributed by atoms with E-state index in [-0.39, 0.29) is 23.4 Å². The van der Waals surface area contributed by atoms with Crippen molar-refractivity contribution >= 4 is 39.2 Å². The molecule has 0 saturated carbocycles. The fourth-order valence-electron chi connectivity index (χ4n) is 2.25. The van der Waals surface area contributed by atoms with Crippen LogP contribution in [0.15, 0.2) is 22.6 Å². The molecule has 0 saturated heterocycles. The quantitative estimate of drug-likeness (QED) is 0.393. The molecule has 3 aromatic heterocycles. The number of amides is 1. The molecule has 1 amide bonds. The monoisotopic (exact) mass is 361 g/mol. The standard InChI is InChI=1S/C15H15N5O4S/c1-8-7-10-13(17-6-5-16-9(2)21)18-14(19-15(10)25-8)11-3-4-12(24-11)20(22)23/h3-4,7H,5-6H2,1-2H3,(H,16,21)(H,17,18,19). The van der Waals surface area contributed by atoms with Crippen molar-refractivity contribution in [3.8, 4) is 11.6 Å². The summed E-state index contributed by atoms with van der Waals surface area (Å²) >= 11 is 1.50. The van der Waals surface area contributed by atoms with E-state index in [9.17, 15) is 14.9 Å². The lowest BCUT2D eigenvalue weighted by Gasteiger charge is -2.08. The average molecular weight is 361 g/mol. The van der Waals surface area contributed by atoms with E-state index in [1.54, 1.807) is 0 Å². The number of carbonyl (C=O) groups is 1. The molecule has 0 bridgehead atoms. The minimum Gasteiger partial charge on any atom is -0.397 e. The molecule has 0 spiro atoms. The number of hydrogen-bond acceptors (Lipinski definition) is 8. The second kappa shape index (κ2) is 6.85. The van der Waals surface area contributed by atoms with Gasteiger partial charge in [0.25, 0.3) is 0 Å². The topological polar surface area (TPSA) is 123 Å². The zero-order valence-corrected chi connectivity index (χ0v) is 14.3. The molecule has 2 N–H and O–H groups in total. The summed E-state index contributed by atoms with van der Waals surface area (Å²) in [6, 6.07) is 4.71. The van der Waals surface area contributed by atoms with Crippen molar-refractivity contribution in [2.75, 3.05) is 18.4 Å². The first-order chi connectivity index (χ1) is 11.9. The molecule has 25 heavy (non-hydrogen) atoms. The Hall–Kier alpha value is -3.01. The molecule has 0 aliphatic heterocycles. The van der Waals surface area contributed by atoms with E-state index < -0.39 is 4.92 Å². The van der Waals surface area contributed by atoms with Crippen LogP contribution in [0, 0.1) is 17.0 Å². The Morgan fingerprint density at radius 2 is 2.16 bits per heavy atom. The molecule has 0 atom stereocenters. The van der Waals surface area contributed by atoms with Crippen molar-refractivity contribution in [1.82, 2.24) is 15.3 Å². The lowest BCUT2D eigenvalue weighted by atomic mass is 10.3. The highest BCUT2D eigenvalue weighted by atomic mass is 32.1. The van der Waals surface area contributed by atoms with Crippen LogP contribution in [0.2, 0.25) is 0 Å². The van der Waals surface area contributed by atoms with Gasteiger partial charge in [0.1, 0.15) is 15.6 Å². The third-order valence-electron chi connectivity index (χ3n) is 3.30. The predicted molar refractivity (Wildman–Crippen MR) is 93.7 cm³/mol. The molecule has 3 rings (SSSR count). The third kappa shape index (κ3) is 3.74. The van der Waals surface area contributed by atoms with E-state index in [1.165, 1.54) is 30.4 Å². The summed E-state index contributed by atoms with van der Waals surface area (Å²) in [4.78, 5) is 31.8. The van der Waals surface area contributed by atoms with Crippen LogP contribution >= 0.6 is 11.3 Å². The van der Waals surface area contributed by atoms with Crippen LogP contribution in [0.5, 0.6) is 0 Å². The predicted octanol–water partition coefficient (Wildman–Crippen LogP) is 2.72. The van der Waals surface area contributed by atoms with E-state index >= 15 is 0 Å². The van der Waals surface area contributed by atoms with Crippen LogP contribution in [0.1, 0.15) is 11.8 Å². The number of nitro groups is 1. The zero-order valence-electron chi connectivity index (χ0n) is 13.5. The Bertz CT molecular complexity index is 949. The number of fused-ring (bicyclic) bond motifs is 1. The van der Waals surface area contributed by atoms with Gasteiger partial charge in [-0.25, -0.2) is 9.97 Å². The van der Waals surface area contributed by atoms with Gasteiger partial charge in [0.05, 0.1) is 11.5 Å². The lowest BCUT2D eigenvalue weighted by Crippen LogP contribution is -2.26. The van der Waals surface area contributed by atoms with Crippen LogP contribution in [-0.4, -0.2) is 33.9 Å². The van der Waals surface area contributed by atoms with E-state index in [1.807, 2.05) is 13.0 Å². The summed E-state index contributed by atoms with van der Waals surface area (Å²) in [6.07, 6.45) is 0. The summed E-state index contributed by atoms with van der Waals surface area (Å²) in [5, 5.41) is 17.5. The van der Waals surface area contributed by atoms with Gasteiger partial charge in [-0.3, -0.25) is 14.9 Å². The largest absolute Gasteiger partial charge is 0.433 e. The number of anilines is 1. The fourth-order valence-corrected chi connectivity index (χ4v) is 3.13. The van der Waals surface area contributed by atoms with E-state index in [0.717, 1.165) is 15.1 Å². The van der Waals surface area contributed by atoms with Crippen molar-refractivity contribution in [3.63, 3.8) is 0 Å². The maximum atomic E-state index is 10.9. The number of rotatable bonds is 6. The molecule has 0 radical (unpaired) electrons. The van der Waals surface area contributed by atoms with Crippen molar-refractivity contribution < 1.29 is 14.1 Å². The lowest BCUT2D eigenvalue weighted by molar-refractivity contribution is -0.401. The van der Waals surface area contributed by atoms with Gasteiger partial charge < -0.3 is 15.1 Å². The molecule has 0 fully saturated rings. The summed E-state index contributed by atoms with van der Waals surface area (Å²) in [6.45, 7) is 4.35. The second-order valence-corrected chi connectivity index (χ2v) is 6.51. The number of thiophene rings is 1. The minimum absolute atomic E-state index is 0.107. The van der Waals surface area contributed by atoms with Crippen LogP contribution in [0.4, 0.5) is 11.7 Å². The van der Waals surface area contributed by atoms with Gasteiger partial charge in [-0.15, -0.1) is 11.3 Å². The number of aromatic nitrogens is 2. The number of nitrogens with zero attached hydrogens (tertiary/aromatic N) is 3. The maximum absolute atomic E-state index is 10.9. The first-order valence-electron chi connectivity index (χ1n) is 7.45. The zero-order chi connectivity index (χ0) is 18.0. The second-order valence-electron chi connectivity index (χ2n) is 5.28. The SMILES string of the molecule is CC(=O)NCCNc1nc(-c2ccc([N+](=O)[O-])o2)nc2sc(C)cc12. The normalized spacial score (nSPS) is 10.8.